The van der Waals surface area contributed by atoms with Gasteiger partial charge in [0.05, 0.1) is 8.07 Å². The summed E-state index contributed by atoms with van der Waals surface area (Å²) in [4.78, 5) is 11.2. The van der Waals surface area contributed by atoms with Crippen LogP contribution in [-0.4, -0.2) is 14.4 Å². The predicted molar refractivity (Wildman–Crippen MR) is 55.3 cm³/mol. The van der Waals surface area contributed by atoms with E-state index >= 15 is 0 Å². The molecule has 0 N–H and O–H groups in total. The molecule has 4 bridgehead atoms. The van der Waals surface area contributed by atoms with Crippen molar-refractivity contribution in [2.75, 3.05) is 0 Å². The number of carbonyl (C=O) groups is 1. The van der Waals surface area contributed by atoms with Crippen molar-refractivity contribution in [2.45, 2.75) is 37.5 Å². The second kappa shape index (κ2) is 1.95. The fraction of sp³-hybridized carbons (Fsp3) is 0.909. The van der Waals surface area contributed by atoms with Gasteiger partial charge in [-0.15, -0.1) is 0 Å². The summed E-state index contributed by atoms with van der Waals surface area (Å²) in [6.07, 6.45) is 4.08. The van der Waals surface area contributed by atoms with E-state index < -0.39 is 8.07 Å². The molecule has 13 heavy (non-hydrogen) atoms. The van der Waals surface area contributed by atoms with Crippen LogP contribution in [0.5, 0.6) is 0 Å². The van der Waals surface area contributed by atoms with Crippen LogP contribution in [0.3, 0.4) is 0 Å². The van der Waals surface area contributed by atoms with Gasteiger partial charge >= 0.3 is 0 Å². The van der Waals surface area contributed by atoms with Gasteiger partial charge in [0.1, 0.15) is 6.29 Å². The first-order valence-electron chi connectivity index (χ1n) is 5.48. The molecular weight excluding hydrogens is 176 g/mol. The average molecular weight is 194 g/mol. The summed E-state index contributed by atoms with van der Waals surface area (Å²) in [6, 6.07) is 0. The van der Waals surface area contributed by atoms with Crippen LogP contribution in [0.2, 0.25) is 24.7 Å². The molecular formula is C11H18OSi. The lowest BCUT2D eigenvalue weighted by molar-refractivity contribution is -0.111. The quantitative estimate of drug-likeness (QED) is 0.488. The topological polar surface area (TPSA) is 17.1 Å². The van der Waals surface area contributed by atoms with E-state index in [1.165, 1.54) is 19.1 Å². The molecule has 4 aliphatic rings. The van der Waals surface area contributed by atoms with Crippen molar-refractivity contribution in [2.24, 2.45) is 23.7 Å². The third-order valence-corrected chi connectivity index (χ3v) is 8.90. The fourth-order valence-electron chi connectivity index (χ4n) is 5.04. The highest BCUT2D eigenvalue weighted by atomic mass is 28.3. The molecule has 0 aliphatic heterocycles. The zero-order valence-corrected chi connectivity index (χ0v) is 9.71. The van der Waals surface area contributed by atoms with Crippen molar-refractivity contribution in [1.29, 1.82) is 0 Å². The van der Waals surface area contributed by atoms with Crippen molar-refractivity contribution in [3.63, 3.8) is 0 Å². The molecule has 0 saturated heterocycles. The Kier molecular flexibility index (Phi) is 1.23. The zero-order chi connectivity index (χ0) is 9.43. The number of rotatable bonds is 2. The van der Waals surface area contributed by atoms with E-state index in [1.54, 1.807) is 0 Å². The van der Waals surface area contributed by atoms with Gasteiger partial charge in [-0.05, 0) is 35.6 Å². The van der Waals surface area contributed by atoms with Gasteiger partial charge in [0.15, 0.2) is 0 Å². The lowest BCUT2D eigenvalue weighted by Crippen LogP contribution is -2.35. The lowest BCUT2D eigenvalue weighted by atomic mass is 10.00. The highest BCUT2D eigenvalue weighted by Gasteiger charge is 2.82. The SMILES string of the molecule is C[Si](C)(C)C12C(C=O)C3CC1C2C3. The summed E-state index contributed by atoms with van der Waals surface area (Å²) in [5.41, 5.74) is 0. The fourth-order valence-corrected chi connectivity index (χ4v) is 9.13. The van der Waals surface area contributed by atoms with E-state index in [9.17, 15) is 4.79 Å². The Morgan fingerprint density at radius 2 is 1.77 bits per heavy atom. The molecule has 0 radical (unpaired) electrons. The minimum atomic E-state index is -1.11. The Bertz CT molecular complexity index is 266. The molecule has 4 aliphatic carbocycles. The molecule has 1 nitrogen and oxygen atoms in total. The molecule has 3 atom stereocenters. The van der Waals surface area contributed by atoms with Crippen LogP contribution in [0.1, 0.15) is 12.8 Å². The molecule has 4 fully saturated rings. The van der Waals surface area contributed by atoms with Gasteiger partial charge in [-0.3, -0.25) is 0 Å². The van der Waals surface area contributed by atoms with Crippen LogP contribution in [0.25, 0.3) is 0 Å². The zero-order valence-electron chi connectivity index (χ0n) is 8.71. The van der Waals surface area contributed by atoms with Gasteiger partial charge in [0.2, 0.25) is 0 Å². The number of hydrogen-bond donors (Lipinski definition) is 0. The van der Waals surface area contributed by atoms with E-state index in [4.69, 9.17) is 0 Å². The summed E-state index contributed by atoms with van der Waals surface area (Å²) < 4.78 is 0. The second-order valence-corrected chi connectivity index (χ2v) is 11.7. The molecule has 0 amide bonds. The summed E-state index contributed by atoms with van der Waals surface area (Å²) in [5.74, 6) is 3.20. The third-order valence-electron chi connectivity index (χ3n) is 5.22. The van der Waals surface area contributed by atoms with Crippen LogP contribution < -0.4 is 0 Å². The van der Waals surface area contributed by atoms with Gasteiger partial charge in [0.25, 0.3) is 0 Å². The maximum Gasteiger partial charge on any atom is 0.123 e. The minimum absolute atomic E-state index is 0.467. The Labute approximate surface area is 80.9 Å². The van der Waals surface area contributed by atoms with Crippen molar-refractivity contribution in [3.05, 3.63) is 0 Å². The highest BCUT2D eigenvalue weighted by molar-refractivity contribution is 6.80. The molecule has 0 aromatic rings. The summed E-state index contributed by atoms with van der Waals surface area (Å²) >= 11 is 0. The van der Waals surface area contributed by atoms with Gasteiger partial charge in [-0.25, -0.2) is 0 Å². The Hall–Kier alpha value is -0.113. The maximum absolute atomic E-state index is 11.2. The van der Waals surface area contributed by atoms with Crippen molar-refractivity contribution in [3.8, 4) is 0 Å². The second-order valence-electron chi connectivity index (χ2n) is 6.29. The third kappa shape index (κ3) is 0.632. The highest BCUT2D eigenvalue weighted by Crippen LogP contribution is 2.89. The first kappa shape index (κ1) is 8.22. The molecule has 3 unspecified atom stereocenters. The van der Waals surface area contributed by atoms with Crippen LogP contribution in [0, 0.1) is 23.7 Å². The standard InChI is InChI=1S/C11H18OSi/c1-13(2,3)11-8-4-7(5-9(8)11)10(11)6-12/h6-10H,4-5H2,1-3H3. The largest absolute Gasteiger partial charge is 0.303 e. The summed E-state index contributed by atoms with van der Waals surface area (Å²) in [5, 5.41) is 0.569. The van der Waals surface area contributed by atoms with E-state index in [0.29, 0.717) is 11.0 Å². The predicted octanol–water partition coefficient (Wildman–Crippen LogP) is 2.55. The normalized spacial score (nSPS) is 56.8. The van der Waals surface area contributed by atoms with E-state index in [2.05, 4.69) is 19.6 Å². The van der Waals surface area contributed by atoms with Gasteiger partial charge in [-0.1, -0.05) is 19.6 Å². The van der Waals surface area contributed by atoms with Crippen molar-refractivity contribution < 1.29 is 4.79 Å². The summed E-state index contributed by atoms with van der Waals surface area (Å²) in [7, 11) is -1.11. The smallest absolute Gasteiger partial charge is 0.123 e. The van der Waals surface area contributed by atoms with Crippen molar-refractivity contribution >= 4 is 14.4 Å². The van der Waals surface area contributed by atoms with E-state index in [0.717, 1.165) is 17.8 Å². The Balaban J connectivity index is 2.06. The molecule has 72 valence electrons. The lowest BCUT2D eigenvalue weighted by Gasteiger charge is -2.31. The molecule has 2 heteroatoms. The molecule has 4 rings (SSSR count). The maximum atomic E-state index is 11.2. The molecule has 0 spiro atoms. The number of carbonyl (C=O) groups excluding carboxylic acids is 1. The van der Waals surface area contributed by atoms with Crippen LogP contribution in [0.4, 0.5) is 0 Å². The molecule has 4 saturated carbocycles. The van der Waals surface area contributed by atoms with Gasteiger partial charge in [0, 0.05) is 5.92 Å². The van der Waals surface area contributed by atoms with Gasteiger partial charge < -0.3 is 4.79 Å². The van der Waals surface area contributed by atoms with Crippen LogP contribution >= 0.6 is 0 Å². The average Bonchev–Trinajstić information content (AvgIpc) is 2.48. The molecule has 0 aromatic carbocycles. The van der Waals surface area contributed by atoms with Crippen molar-refractivity contribution in [1.82, 2.24) is 0 Å². The monoisotopic (exact) mass is 194 g/mol. The minimum Gasteiger partial charge on any atom is -0.303 e. The van der Waals surface area contributed by atoms with Crippen LogP contribution in [0.15, 0.2) is 0 Å². The Morgan fingerprint density at radius 3 is 2.08 bits per heavy atom. The number of hydrogen-bond acceptors (Lipinski definition) is 1. The number of aldehydes is 1. The first-order chi connectivity index (χ1) is 6.03. The summed E-state index contributed by atoms with van der Waals surface area (Å²) in [6.45, 7) is 7.39. The van der Waals surface area contributed by atoms with E-state index in [-0.39, 0.29) is 0 Å². The molecule has 0 heterocycles. The van der Waals surface area contributed by atoms with Crippen LogP contribution in [-0.2, 0) is 4.79 Å². The van der Waals surface area contributed by atoms with E-state index in [1.807, 2.05) is 0 Å². The Morgan fingerprint density at radius 1 is 1.23 bits per heavy atom. The van der Waals surface area contributed by atoms with Gasteiger partial charge in [-0.2, -0.15) is 0 Å². The first-order valence-corrected chi connectivity index (χ1v) is 8.98. The molecule has 0 aromatic heterocycles.